The highest BCUT2D eigenvalue weighted by Gasteiger charge is 2.29. The van der Waals surface area contributed by atoms with Gasteiger partial charge in [-0.05, 0) is 55.3 Å². The molecule has 1 saturated carbocycles. The Hall–Kier alpha value is -4.33. The Morgan fingerprint density at radius 3 is 2.36 bits per heavy atom. The van der Waals surface area contributed by atoms with Gasteiger partial charge in [-0.3, -0.25) is 20.4 Å². The lowest BCUT2D eigenvalue weighted by Crippen LogP contribution is -2.42. The van der Waals surface area contributed by atoms with Crippen molar-refractivity contribution in [2.45, 2.75) is 25.4 Å². The number of carbonyl (C=O) groups excluding carboxylic acids is 2. The molecular formula is C25H22N4O4. The lowest BCUT2D eigenvalue weighted by molar-refractivity contribution is 0.0824. The second kappa shape index (κ2) is 9.04. The van der Waals surface area contributed by atoms with Gasteiger partial charge < -0.3 is 9.15 Å². The number of amides is 2. The predicted molar refractivity (Wildman–Crippen MR) is 120 cm³/mol. The summed E-state index contributed by atoms with van der Waals surface area (Å²) in [5, 5.41) is 4.61. The molecular weight excluding hydrogens is 420 g/mol. The third-order valence-corrected chi connectivity index (χ3v) is 5.26. The van der Waals surface area contributed by atoms with Crippen molar-refractivity contribution >= 4 is 11.8 Å². The van der Waals surface area contributed by atoms with Crippen molar-refractivity contribution < 1.29 is 18.7 Å². The molecule has 0 aliphatic heterocycles. The molecule has 2 heterocycles. The second-order valence-electron chi connectivity index (χ2n) is 7.75. The Morgan fingerprint density at radius 1 is 0.939 bits per heavy atom. The summed E-state index contributed by atoms with van der Waals surface area (Å²) in [6.45, 7) is 0.184. The maximum absolute atomic E-state index is 12.9. The van der Waals surface area contributed by atoms with Crippen LogP contribution < -0.4 is 15.6 Å². The number of para-hydroxylation sites is 2. The Balaban J connectivity index is 1.22. The van der Waals surface area contributed by atoms with E-state index in [1.807, 2.05) is 60.7 Å². The summed E-state index contributed by atoms with van der Waals surface area (Å²) < 4.78 is 12.8. The molecule has 0 bridgehead atoms. The van der Waals surface area contributed by atoms with Crippen LogP contribution in [0.25, 0.3) is 5.69 Å². The summed E-state index contributed by atoms with van der Waals surface area (Å²) in [4.78, 5) is 25.3. The van der Waals surface area contributed by atoms with E-state index in [0.717, 1.165) is 24.2 Å². The van der Waals surface area contributed by atoms with Crippen LogP contribution in [0.2, 0.25) is 0 Å². The molecule has 33 heavy (non-hydrogen) atoms. The largest absolute Gasteiger partial charge is 0.486 e. The number of hydrazine groups is 1. The molecule has 8 heteroatoms. The Bertz CT molecular complexity index is 1260. The molecule has 0 radical (unpaired) electrons. The molecule has 2 aromatic carbocycles. The summed E-state index contributed by atoms with van der Waals surface area (Å²) in [5.41, 5.74) is 6.86. The summed E-state index contributed by atoms with van der Waals surface area (Å²) in [7, 11) is 0. The molecule has 5 rings (SSSR count). The third-order valence-electron chi connectivity index (χ3n) is 5.26. The number of carbonyl (C=O) groups is 2. The van der Waals surface area contributed by atoms with Gasteiger partial charge in [0.15, 0.2) is 5.76 Å². The van der Waals surface area contributed by atoms with Crippen LogP contribution in [0.1, 0.15) is 51.3 Å². The maximum atomic E-state index is 12.9. The molecule has 2 aromatic heterocycles. The third kappa shape index (κ3) is 4.79. The van der Waals surface area contributed by atoms with Crippen LogP contribution in [-0.4, -0.2) is 21.6 Å². The zero-order valence-electron chi connectivity index (χ0n) is 17.7. The van der Waals surface area contributed by atoms with Gasteiger partial charge in [0.2, 0.25) is 0 Å². The highest BCUT2D eigenvalue weighted by Crippen LogP contribution is 2.39. The second-order valence-corrected chi connectivity index (χ2v) is 7.75. The average Bonchev–Trinajstić information content (AvgIpc) is 3.43. The normalized spacial score (nSPS) is 12.8. The Labute approximate surface area is 190 Å². The van der Waals surface area contributed by atoms with Crippen LogP contribution in [0.15, 0.2) is 83.3 Å². The van der Waals surface area contributed by atoms with Crippen molar-refractivity contribution in [1.29, 1.82) is 0 Å². The van der Waals surface area contributed by atoms with E-state index in [4.69, 9.17) is 9.15 Å². The van der Waals surface area contributed by atoms with Gasteiger partial charge in [-0.2, -0.15) is 5.10 Å². The lowest BCUT2D eigenvalue weighted by Gasteiger charge is -2.08. The molecule has 0 unspecified atom stereocenters. The minimum Gasteiger partial charge on any atom is -0.486 e. The van der Waals surface area contributed by atoms with E-state index in [0.29, 0.717) is 23.1 Å². The number of hydrogen-bond donors (Lipinski definition) is 2. The first-order valence-corrected chi connectivity index (χ1v) is 10.7. The van der Waals surface area contributed by atoms with Gasteiger partial charge in [-0.25, -0.2) is 4.68 Å². The van der Waals surface area contributed by atoms with Crippen LogP contribution >= 0.6 is 0 Å². The zero-order chi connectivity index (χ0) is 22.6. The van der Waals surface area contributed by atoms with E-state index in [-0.39, 0.29) is 12.4 Å². The first-order chi connectivity index (χ1) is 16.2. The monoisotopic (exact) mass is 442 g/mol. The van der Waals surface area contributed by atoms with Crippen molar-refractivity contribution in [3.8, 4) is 11.4 Å². The highest BCUT2D eigenvalue weighted by atomic mass is 16.5. The molecule has 1 aliphatic rings. The van der Waals surface area contributed by atoms with Crippen molar-refractivity contribution in [1.82, 2.24) is 20.6 Å². The molecule has 1 fully saturated rings. The van der Waals surface area contributed by atoms with Gasteiger partial charge in [0.25, 0.3) is 5.91 Å². The lowest BCUT2D eigenvalue weighted by atomic mass is 10.2. The van der Waals surface area contributed by atoms with Crippen LogP contribution in [0.4, 0.5) is 0 Å². The standard InChI is InChI=1S/C25H22N4O4/c30-24(22-15-21(17-11-12-17)28-29(22)18-7-3-1-4-8-18)26-27-25(31)23-14-13-20(33-23)16-32-19-9-5-2-6-10-19/h1-10,13-15,17H,11-12,16H2,(H,26,30)(H,27,31). The minimum atomic E-state index is -0.567. The van der Waals surface area contributed by atoms with Crippen molar-refractivity contribution in [2.75, 3.05) is 0 Å². The van der Waals surface area contributed by atoms with Crippen LogP contribution in [0.3, 0.4) is 0 Å². The Morgan fingerprint density at radius 2 is 1.64 bits per heavy atom. The highest BCUT2D eigenvalue weighted by molar-refractivity contribution is 5.97. The molecule has 0 atom stereocenters. The van der Waals surface area contributed by atoms with Gasteiger partial charge in [0, 0.05) is 5.92 Å². The van der Waals surface area contributed by atoms with Gasteiger partial charge in [0.05, 0.1) is 11.4 Å². The molecule has 0 saturated heterocycles. The first-order valence-electron chi connectivity index (χ1n) is 10.7. The fourth-order valence-corrected chi connectivity index (χ4v) is 3.39. The van der Waals surface area contributed by atoms with Gasteiger partial charge in [-0.15, -0.1) is 0 Å². The van der Waals surface area contributed by atoms with Crippen molar-refractivity contribution in [2.24, 2.45) is 0 Å². The summed E-state index contributed by atoms with van der Waals surface area (Å²) in [6, 6.07) is 23.7. The van der Waals surface area contributed by atoms with E-state index >= 15 is 0 Å². The van der Waals surface area contributed by atoms with Crippen molar-refractivity contribution in [3.63, 3.8) is 0 Å². The number of benzene rings is 2. The number of nitrogens with one attached hydrogen (secondary N) is 2. The van der Waals surface area contributed by atoms with Crippen molar-refractivity contribution in [3.05, 3.63) is 102 Å². The molecule has 2 amide bonds. The van der Waals surface area contributed by atoms with Crippen LogP contribution in [0, 0.1) is 0 Å². The Kier molecular flexibility index (Phi) is 5.63. The molecule has 4 aromatic rings. The first kappa shape index (κ1) is 20.6. The van der Waals surface area contributed by atoms with E-state index in [1.54, 1.807) is 16.8 Å². The number of ether oxygens (including phenoxy) is 1. The number of rotatable bonds is 7. The minimum absolute atomic E-state index is 0.0669. The summed E-state index contributed by atoms with van der Waals surface area (Å²) in [5.74, 6) is 0.612. The fourth-order valence-electron chi connectivity index (χ4n) is 3.39. The number of hydrogen-bond acceptors (Lipinski definition) is 5. The maximum Gasteiger partial charge on any atom is 0.305 e. The SMILES string of the molecule is O=C(NNC(=O)c1cc(C2CC2)nn1-c1ccccc1)c1ccc(COc2ccccc2)o1. The molecule has 166 valence electrons. The molecule has 0 spiro atoms. The smallest absolute Gasteiger partial charge is 0.305 e. The predicted octanol–water partition coefficient (Wildman–Crippen LogP) is 4.00. The van der Waals surface area contributed by atoms with E-state index in [2.05, 4.69) is 16.0 Å². The van der Waals surface area contributed by atoms with Gasteiger partial charge in [-0.1, -0.05) is 36.4 Å². The van der Waals surface area contributed by atoms with Crippen LogP contribution in [0.5, 0.6) is 5.75 Å². The van der Waals surface area contributed by atoms with Gasteiger partial charge in [0.1, 0.15) is 23.8 Å². The fraction of sp³-hybridized carbons (Fsp3) is 0.160. The molecule has 1 aliphatic carbocycles. The summed E-state index contributed by atoms with van der Waals surface area (Å²) in [6.07, 6.45) is 2.14. The quantitative estimate of drug-likeness (QED) is 0.422. The summed E-state index contributed by atoms with van der Waals surface area (Å²) >= 11 is 0. The number of nitrogens with zero attached hydrogens (tertiary/aromatic N) is 2. The van der Waals surface area contributed by atoms with E-state index in [1.165, 1.54) is 6.07 Å². The van der Waals surface area contributed by atoms with E-state index < -0.39 is 11.8 Å². The number of aromatic nitrogens is 2. The topological polar surface area (TPSA) is 98.4 Å². The van der Waals surface area contributed by atoms with E-state index in [9.17, 15) is 9.59 Å². The molecule has 2 N–H and O–H groups in total. The van der Waals surface area contributed by atoms with Crippen LogP contribution in [-0.2, 0) is 6.61 Å². The molecule has 8 nitrogen and oxygen atoms in total. The zero-order valence-corrected chi connectivity index (χ0v) is 17.7. The number of furan rings is 1. The average molecular weight is 442 g/mol. The van der Waals surface area contributed by atoms with Gasteiger partial charge >= 0.3 is 5.91 Å².